The fourth-order valence-electron chi connectivity index (χ4n) is 1.41. The Morgan fingerprint density at radius 3 is 2.14 bits per heavy atom. The molecule has 0 aliphatic carbocycles. The molecule has 0 amide bonds. The van der Waals surface area contributed by atoms with Gasteiger partial charge in [0.2, 0.25) is 0 Å². The highest BCUT2D eigenvalue weighted by molar-refractivity contribution is 5.27. The zero-order valence-corrected chi connectivity index (χ0v) is 9.12. The van der Waals surface area contributed by atoms with Crippen LogP contribution in [0.2, 0.25) is 0 Å². The Kier molecular flexibility index (Phi) is 3.29. The van der Waals surface area contributed by atoms with Crippen molar-refractivity contribution in [2.75, 3.05) is 0 Å². The average Bonchev–Trinajstić information content (AvgIpc) is 2.02. The first kappa shape index (κ1) is 11.2. The van der Waals surface area contributed by atoms with Crippen molar-refractivity contribution in [1.29, 1.82) is 0 Å². The molecule has 0 aliphatic heterocycles. The SMILES string of the molecule is CC(O)Cc1ccc(C(C)(C)N)cc1. The van der Waals surface area contributed by atoms with Crippen LogP contribution in [0.15, 0.2) is 24.3 Å². The van der Waals surface area contributed by atoms with Crippen LogP contribution in [0.4, 0.5) is 0 Å². The fourth-order valence-corrected chi connectivity index (χ4v) is 1.41. The van der Waals surface area contributed by atoms with Crippen LogP contribution >= 0.6 is 0 Å². The largest absolute Gasteiger partial charge is 0.393 e. The third kappa shape index (κ3) is 3.13. The molecule has 0 saturated carbocycles. The van der Waals surface area contributed by atoms with Crippen molar-refractivity contribution in [2.24, 2.45) is 5.73 Å². The topological polar surface area (TPSA) is 46.2 Å². The molecule has 3 N–H and O–H groups in total. The number of benzene rings is 1. The first-order valence-corrected chi connectivity index (χ1v) is 4.96. The molecule has 2 nitrogen and oxygen atoms in total. The van der Waals surface area contributed by atoms with Gasteiger partial charge in [-0.1, -0.05) is 24.3 Å². The van der Waals surface area contributed by atoms with E-state index in [1.807, 2.05) is 38.1 Å². The molecule has 1 atom stereocenters. The molecule has 0 aromatic heterocycles. The van der Waals surface area contributed by atoms with Gasteiger partial charge in [0, 0.05) is 5.54 Å². The maximum atomic E-state index is 9.21. The Bertz CT molecular complexity index is 282. The van der Waals surface area contributed by atoms with Gasteiger partial charge in [0.25, 0.3) is 0 Å². The van der Waals surface area contributed by atoms with Gasteiger partial charge in [-0.2, -0.15) is 0 Å². The highest BCUT2D eigenvalue weighted by Crippen LogP contribution is 2.17. The van der Waals surface area contributed by atoms with E-state index in [0.29, 0.717) is 6.42 Å². The molecule has 0 bridgehead atoms. The monoisotopic (exact) mass is 193 g/mol. The van der Waals surface area contributed by atoms with E-state index in [1.165, 1.54) is 0 Å². The fraction of sp³-hybridized carbons (Fsp3) is 0.500. The van der Waals surface area contributed by atoms with Gasteiger partial charge >= 0.3 is 0 Å². The zero-order valence-electron chi connectivity index (χ0n) is 9.12. The smallest absolute Gasteiger partial charge is 0.0552 e. The van der Waals surface area contributed by atoms with Crippen molar-refractivity contribution in [3.63, 3.8) is 0 Å². The summed E-state index contributed by atoms with van der Waals surface area (Å²) in [6.45, 7) is 5.76. The van der Waals surface area contributed by atoms with E-state index in [1.54, 1.807) is 6.92 Å². The minimum Gasteiger partial charge on any atom is -0.393 e. The maximum absolute atomic E-state index is 9.21. The van der Waals surface area contributed by atoms with Crippen molar-refractivity contribution in [1.82, 2.24) is 0 Å². The van der Waals surface area contributed by atoms with E-state index in [4.69, 9.17) is 5.73 Å². The van der Waals surface area contributed by atoms with Crippen LogP contribution < -0.4 is 5.73 Å². The van der Waals surface area contributed by atoms with E-state index < -0.39 is 0 Å². The van der Waals surface area contributed by atoms with E-state index >= 15 is 0 Å². The molecular weight excluding hydrogens is 174 g/mol. The van der Waals surface area contributed by atoms with Gasteiger partial charge in [-0.25, -0.2) is 0 Å². The summed E-state index contributed by atoms with van der Waals surface area (Å²) >= 11 is 0. The molecular formula is C12H19NO. The Hall–Kier alpha value is -0.860. The molecule has 2 heteroatoms. The van der Waals surface area contributed by atoms with Crippen LogP contribution in [0.25, 0.3) is 0 Å². The van der Waals surface area contributed by atoms with Crippen molar-refractivity contribution in [2.45, 2.75) is 38.8 Å². The Balaban J connectivity index is 2.79. The highest BCUT2D eigenvalue weighted by atomic mass is 16.3. The lowest BCUT2D eigenvalue weighted by Gasteiger charge is -2.19. The van der Waals surface area contributed by atoms with Crippen LogP contribution in [0.3, 0.4) is 0 Å². The van der Waals surface area contributed by atoms with E-state index in [9.17, 15) is 5.11 Å². The Morgan fingerprint density at radius 2 is 1.79 bits per heavy atom. The molecule has 1 aromatic rings. The minimum atomic E-state index is -0.288. The average molecular weight is 193 g/mol. The predicted octanol–water partition coefficient (Wildman–Crippen LogP) is 1.80. The second kappa shape index (κ2) is 4.11. The predicted molar refractivity (Wildman–Crippen MR) is 59.0 cm³/mol. The van der Waals surface area contributed by atoms with Gasteiger partial charge in [0.05, 0.1) is 6.10 Å². The zero-order chi connectivity index (χ0) is 10.8. The van der Waals surface area contributed by atoms with E-state index in [0.717, 1.165) is 11.1 Å². The first-order chi connectivity index (χ1) is 6.39. The lowest BCUT2D eigenvalue weighted by molar-refractivity contribution is 0.195. The van der Waals surface area contributed by atoms with E-state index in [2.05, 4.69) is 0 Å². The van der Waals surface area contributed by atoms with E-state index in [-0.39, 0.29) is 11.6 Å². The molecule has 0 aliphatic rings. The summed E-state index contributed by atoms with van der Waals surface area (Å²) in [7, 11) is 0. The quantitative estimate of drug-likeness (QED) is 0.769. The maximum Gasteiger partial charge on any atom is 0.0552 e. The van der Waals surface area contributed by atoms with Crippen molar-refractivity contribution < 1.29 is 5.11 Å². The molecule has 0 radical (unpaired) electrons. The highest BCUT2D eigenvalue weighted by Gasteiger charge is 2.13. The van der Waals surface area contributed by atoms with Crippen molar-refractivity contribution in [3.8, 4) is 0 Å². The van der Waals surface area contributed by atoms with Crippen LogP contribution in [0, 0.1) is 0 Å². The first-order valence-electron chi connectivity index (χ1n) is 4.96. The lowest BCUT2D eigenvalue weighted by Crippen LogP contribution is -2.28. The van der Waals surface area contributed by atoms with Gasteiger partial charge in [0.15, 0.2) is 0 Å². The minimum absolute atomic E-state index is 0.285. The molecule has 0 saturated heterocycles. The third-order valence-corrected chi connectivity index (χ3v) is 2.23. The summed E-state index contributed by atoms with van der Waals surface area (Å²) in [4.78, 5) is 0. The normalized spacial score (nSPS) is 14.1. The summed E-state index contributed by atoms with van der Waals surface area (Å²) in [5.41, 5.74) is 7.93. The van der Waals surface area contributed by atoms with Crippen LogP contribution in [0.5, 0.6) is 0 Å². The van der Waals surface area contributed by atoms with Crippen molar-refractivity contribution in [3.05, 3.63) is 35.4 Å². The molecule has 0 spiro atoms. The molecule has 14 heavy (non-hydrogen) atoms. The van der Waals surface area contributed by atoms with Crippen molar-refractivity contribution >= 4 is 0 Å². The second-order valence-corrected chi connectivity index (χ2v) is 4.47. The Labute approximate surface area is 85.8 Å². The Morgan fingerprint density at radius 1 is 1.29 bits per heavy atom. The summed E-state index contributed by atoms with van der Waals surface area (Å²) in [6.07, 6.45) is 0.414. The number of hydrogen-bond donors (Lipinski definition) is 2. The number of nitrogens with two attached hydrogens (primary N) is 1. The molecule has 0 fully saturated rings. The molecule has 1 rings (SSSR count). The van der Waals surface area contributed by atoms with Crippen LogP contribution in [0.1, 0.15) is 31.9 Å². The second-order valence-electron chi connectivity index (χ2n) is 4.47. The van der Waals surface area contributed by atoms with Gasteiger partial charge in [0.1, 0.15) is 0 Å². The third-order valence-electron chi connectivity index (χ3n) is 2.23. The van der Waals surface area contributed by atoms with Gasteiger partial charge in [-0.15, -0.1) is 0 Å². The molecule has 1 aromatic carbocycles. The number of aliphatic hydroxyl groups is 1. The summed E-state index contributed by atoms with van der Waals surface area (Å²) in [6, 6.07) is 8.10. The lowest BCUT2D eigenvalue weighted by atomic mass is 9.94. The molecule has 0 heterocycles. The van der Waals surface area contributed by atoms with Gasteiger partial charge in [-0.3, -0.25) is 0 Å². The summed E-state index contributed by atoms with van der Waals surface area (Å²) < 4.78 is 0. The standard InChI is InChI=1S/C12H19NO/c1-9(14)8-10-4-6-11(7-5-10)12(2,3)13/h4-7,9,14H,8,13H2,1-3H3. The van der Waals surface area contributed by atoms with Crippen LogP contribution in [-0.4, -0.2) is 11.2 Å². The number of aliphatic hydroxyl groups excluding tert-OH is 1. The summed E-state index contributed by atoms with van der Waals surface area (Å²) in [5.74, 6) is 0. The molecule has 78 valence electrons. The molecule has 1 unspecified atom stereocenters. The number of rotatable bonds is 3. The van der Waals surface area contributed by atoms with Crippen LogP contribution in [-0.2, 0) is 12.0 Å². The van der Waals surface area contributed by atoms with Gasteiger partial charge < -0.3 is 10.8 Å². The van der Waals surface area contributed by atoms with Gasteiger partial charge in [-0.05, 0) is 38.3 Å². The number of hydrogen-bond acceptors (Lipinski definition) is 2. The summed E-state index contributed by atoms with van der Waals surface area (Å²) in [5, 5.41) is 9.21.